The van der Waals surface area contributed by atoms with Crippen molar-refractivity contribution in [1.82, 2.24) is 41.8 Å². The number of aromatic amines is 1. The maximum atomic E-state index is 14.1. The molecule has 0 saturated carbocycles. The van der Waals surface area contributed by atoms with Crippen molar-refractivity contribution in [3.8, 4) is 0 Å². The van der Waals surface area contributed by atoms with Crippen molar-refractivity contribution >= 4 is 75.9 Å². The Kier molecular flexibility index (Phi) is 16.4. The highest BCUT2D eigenvalue weighted by Gasteiger charge is 2.42. The van der Waals surface area contributed by atoms with E-state index in [1.54, 1.807) is 38.1 Å². The second-order valence-electron chi connectivity index (χ2n) is 14.8. The number of para-hydroxylation sites is 1. The number of carbonyl (C=O) groups excluding carboxylic acids is 8. The monoisotopic (exact) mass is 860 g/mol. The van der Waals surface area contributed by atoms with Gasteiger partial charge in [0.15, 0.2) is 0 Å². The van der Waals surface area contributed by atoms with Crippen LogP contribution >= 0.6 is 11.8 Å². The zero-order chi connectivity index (χ0) is 44.4. The van der Waals surface area contributed by atoms with Gasteiger partial charge in [0.2, 0.25) is 47.3 Å². The topological polar surface area (TPSA) is 358 Å². The third-order valence-corrected chi connectivity index (χ3v) is 11.3. The number of nitrogens with one attached hydrogen (secondary N) is 7. The van der Waals surface area contributed by atoms with E-state index in [1.807, 2.05) is 0 Å². The third-order valence-electron chi connectivity index (χ3n) is 10.2. The number of primary amides is 1. The average molecular weight is 861 g/mol. The van der Waals surface area contributed by atoms with Crippen LogP contribution in [-0.2, 0) is 49.6 Å². The number of aromatic nitrogens is 1. The Morgan fingerprint density at radius 1 is 1.00 bits per heavy atom. The summed E-state index contributed by atoms with van der Waals surface area (Å²) in [5.74, 6) is -9.31. The molecule has 0 bridgehead atoms. The summed E-state index contributed by atoms with van der Waals surface area (Å²) < 4.78 is 0. The van der Waals surface area contributed by atoms with Gasteiger partial charge in [0.05, 0.1) is 36.7 Å². The van der Waals surface area contributed by atoms with Crippen molar-refractivity contribution in [3.63, 3.8) is 0 Å². The standard InChI is InChI=1S/C37H52N10O12S/c1-4-16(2)30-34(56)41-12-27(51)42-24(32(54)44-23(11-26(38)50)36(57)47-14-18(49)9-25(47)37(58)59)15-60-35-20(19-7-5-6-8-21(19)45-35)10-22(31(53)40-13-28(52)46-30)43-33(55)29(39)17(3)48/h5-8,16-18,22-25,29-30,45,48-49H,4,9-15,39H2,1-3H3,(H2,38,50)(H,40,53)(H,41,56)(H,42,51)(H,43,55)(H,44,54)(H,46,52)(H,58,59)/t16-,17+,18+,22-,23-,24-,25-,29-,30-/m0/s1. The van der Waals surface area contributed by atoms with Gasteiger partial charge in [-0.3, -0.25) is 38.4 Å². The molecule has 1 aromatic carbocycles. The van der Waals surface area contributed by atoms with Crippen LogP contribution in [0.15, 0.2) is 29.3 Å². The van der Waals surface area contributed by atoms with Crippen LogP contribution in [0.3, 0.4) is 0 Å². The fourth-order valence-corrected chi connectivity index (χ4v) is 7.77. The lowest BCUT2D eigenvalue weighted by molar-refractivity contribution is -0.149. The van der Waals surface area contributed by atoms with Crippen LogP contribution in [0.4, 0.5) is 0 Å². The number of nitrogens with two attached hydrogens (primary N) is 2. The molecule has 9 atom stereocenters. The lowest BCUT2D eigenvalue weighted by Crippen LogP contribution is -2.58. The summed E-state index contributed by atoms with van der Waals surface area (Å²) in [6.45, 7) is 3.05. The van der Waals surface area contributed by atoms with Gasteiger partial charge >= 0.3 is 5.97 Å². The van der Waals surface area contributed by atoms with Crippen LogP contribution in [-0.4, -0.2) is 152 Å². The molecule has 0 radical (unpaired) electrons. The molecule has 22 nitrogen and oxygen atoms in total. The molecule has 2 aromatic rings. The summed E-state index contributed by atoms with van der Waals surface area (Å²) in [4.78, 5) is 122. The molecule has 8 amide bonds. The minimum Gasteiger partial charge on any atom is -0.480 e. The Hall–Kier alpha value is -5.78. The van der Waals surface area contributed by atoms with E-state index < -0.39 is 134 Å². The molecule has 0 spiro atoms. The maximum absolute atomic E-state index is 14.1. The van der Waals surface area contributed by atoms with Gasteiger partial charge in [-0.05, 0) is 24.5 Å². The number of carboxylic acids is 1. The van der Waals surface area contributed by atoms with Gasteiger partial charge in [-0.1, -0.05) is 38.5 Å². The quantitative estimate of drug-likeness (QED) is 0.102. The van der Waals surface area contributed by atoms with Crippen molar-refractivity contribution in [1.29, 1.82) is 0 Å². The molecular weight excluding hydrogens is 809 g/mol. The Bertz CT molecular complexity index is 1980. The Labute approximate surface area is 348 Å². The molecular formula is C37H52N10O12S. The van der Waals surface area contributed by atoms with Crippen LogP contribution in [0, 0.1) is 5.92 Å². The highest BCUT2D eigenvalue weighted by Crippen LogP contribution is 2.31. The lowest BCUT2D eigenvalue weighted by atomic mass is 9.98. The molecule has 4 rings (SSSR count). The van der Waals surface area contributed by atoms with Crippen molar-refractivity contribution in [2.75, 3.05) is 25.4 Å². The fourth-order valence-electron chi connectivity index (χ4n) is 6.66. The van der Waals surface area contributed by atoms with Crippen LogP contribution in [0.2, 0.25) is 0 Å². The van der Waals surface area contributed by atoms with Crippen LogP contribution in [0.1, 0.15) is 45.6 Å². The largest absolute Gasteiger partial charge is 0.480 e. The number of nitrogens with zero attached hydrogens (tertiary/aromatic N) is 1. The molecule has 60 heavy (non-hydrogen) atoms. The van der Waals surface area contributed by atoms with E-state index in [9.17, 15) is 58.5 Å². The normalized spacial score (nSPS) is 24.2. The van der Waals surface area contributed by atoms with Crippen molar-refractivity contribution in [3.05, 3.63) is 29.8 Å². The first-order valence-corrected chi connectivity index (χ1v) is 20.2. The van der Waals surface area contributed by atoms with Gasteiger partial charge in [0.1, 0.15) is 36.3 Å². The predicted octanol–water partition coefficient (Wildman–Crippen LogP) is -4.34. The smallest absolute Gasteiger partial charge is 0.326 e. The molecule has 14 N–H and O–H groups in total. The Morgan fingerprint density at radius 2 is 1.65 bits per heavy atom. The molecule has 23 heteroatoms. The molecule has 1 aromatic heterocycles. The molecule has 3 heterocycles. The number of H-pyrrole nitrogens is 1. The van der Waals surface area contributed by atoms with E-state index in [-0.39, 0.29) is 18.6 Å². The number of fused-ring (bicyclic) bond motifs is 3. The number of aliphatic hydroxyl groups excluding tert-OH is 2. The minimum absolute atomic E-state index is 0.221. The SMILES string of the molecule is CC[C@H](C)[C@@H]1NC(=O)CNC(=O)[C@@H](NC(=O)[C@@H](N)[C@@H](C)O)Cc2c([nH]c3ccccc23)SC[C@@H](C(=O)N[C@@H](CC(N)=O)C(=O)N2C[C@H](O)C[C@H]2C(=O)O)NC(=O)CNC1=O. The van der Waals surface area contributed by atoms with E-state index in [0.717, 1.165) is 16.7 Å². The first kappa shape index (κ1) is 46.9. The molecule has 0 unspecified atom stereocenters. The van der Waals surface area contributed by atoms with Gasteiger partial charge in [0.25, 0.3) is 0 Å². The number of benzene rings is 1. The molecule has 328 valence electrons. The molecule has 2 aliphatic heterocycles. The van der Waals surface area contributed by atoms with Crippen molar-refractivity contribution in [2.24, 2.45) is 17.4 Å². The van der Waals surface area contributed by atoms with Gasteiger partial charge in [-0.2, -0.15) is 0 Å². The summed E-state index contributed by atoms with van der Waals surface area (Å²) >= 11 is 0.986. The summed E-state index contributed by atoms with van der Waals surface area (Å²) in [6, 6.07) is -1.79. The van der Waals surface area contributed by atoms with E-state index in [1.165, 1.54) is 6.92 Å². The number of aliphatic hydroxyl groups is 2. The zero-order valence-corrected chi connectivity index (χ0v) is 34.0. The van der Waals surface area contributed by atoms with Gasteiger partial charge in [-0.15, -0.1) is 11.8 Å². The zero-order valence-electron chi connectivity index (χ0n) is 33.2. The van der Waals surface area contributed by atoms with Crippen LogP contribution < -0.4 is 43.4 Å². The van der Waals surface area contributed by atoms with Gasteiger partial charge in [-0.25, -0.2) is 4.79 Å². The predicted molar refractivity (Wildman–Crippen MR) is 213 cm³/mol. The fraction of sp³-hybridized carbons (Fsp3) is 0.541. The first-order valence-electron chi connectivity index (χ1n) is 19.2. The van der Waals surface area contributed by atoms with E-state index >= 15 is 0 Å². The number of hydrogen-bond donors (Lipinski definition) is 12. The van der Waals surface area contributed by atoms with Crippen LogP contribution in [0.25, 0.3) is 10.9 Å². The number of rotatable bonds is 11. The highest BCUT2D eigenvalue weighted by molar-refractivity contribution is 7.99. The van der Waals surface area contributed by atoms with E-state index in [2.05, 4.69) is 36.9 Å². The molecule has 2 aliphatic rings. The summed E-state index contributed by atoms with van der Waals surface area (Å²) in [7, 11) is 0. The number of thioether (sulfide) groups is 1. The van der Waals surface area contributed by atoms with Crippen molar-refractivity contribution in [2.45, 2.75) is 99.9 Å². The summed E-state index contributed by atoms with van der Waals surface area (Å²) in [5, 5.41) is 45.7. The highest BCUT2D eigenvalue weighted by atomic mass is 32.2. The number of carboxylic acid groups (broad SMARTS) is 1. The number of aliphatic carboxylic acids is 1. The number of likely N-dealkylation sites (tertiary alicyclic amines) is 1. The molecule has 0 aliphatic carbocycles. The minimum atomic E-state index is -1.71. The van der Waals surface area contributed by atoms with Gasteiger partial charge in [0, 0.05) is 36.0 Å². The summed E-state index contributed by atoms with van der Waals surface area (Å²) in [5.41, 5.74) is 12.3. The number of amides is 8. The second-order valence-corrected chi connectivity index (χ2v) is 15.8. The first-order chi connectivity index (χ1) is 28.3. The van der Waals surface area contributed by atoms with Crippen molar-refractivity contribution < 1.29 is 58.5 Å². The molecule has 1 fully saturated rings. The maximum Gasteiger partial charge on any atom is 0.326 e. The second kappa shape index (κ2) is 21.0. The number of hydrogen-bond acceptors (Lipinski definition) is 13. The number of β-amino-alcohol motifs (C(OH)–C–C–N with tert-alkyl or cyclic N) is 1. The van der Waals surface area contributed by atoms with E-state index in [0.29, 0.717) is 27.9 Å². The Morgan fingerprint density at radius 3 is 2.28 bits per heavy atom. The average Bonchev–Trinajstić information content (AvgIpc) is 3.77. The molecule has 1 saturated heterocycles. The Balaban J connectivity index is 1.75. The third kappa shape index (κ3) is 12.1. The lowest BCUT2D eigenvalue weighted by Gasteiger charge is -2.28. The summed E-state index contributed by atoms with van der Waals surface area (Å²) in [6.07, 6.45) is -3.36. The van der Waals surface area contributed by atoms with Crippen LogP contribution in [0.5, 0.6) is 0 Å². The van der Waals surface area contributed by atoms with Gasteiger partial charge < -0.3 is 68.6 Å². The van der Waals surface area contributed by atoms with E-state index in [4.69, 9.17) is 11.5 Å². The number of carbonyl (C=O) groups is 9.